The zero-order valence-corrected chi connectivity index (χ0v) is 19.8. The molecule has 10 nitrogen and oxygen atoms in total. The first-order valence-electron chi connectivity index (χ1n) is 11.3. The standard InChI is InChI=1S/C26H26N4O6/c1-16-5-7-17(8-6-16)23(25(33)27-18-9-11-19(35-2)12-10-18)30(15-20-4-3-13-36-20)22(31)14-21-24(32)29-26(34)28-21/h3-13,21,23H,14-15H2,1-2H3,(H,27,33)(H2,28,29,32,34)/t21-,23-/m0/s1. The summed E-state index contributed by atoms with van der Waals surface area (Å²) in [4.78, 5) is 52.2. The summed E-state index contributed by atoms with van der Waals surface area (Å²) in [5.41, 5.74) is 2.08. The van der Waals surface area contributed by atoms with Crippen LogP contribution in [0.25, 0.3) is 0 Å². The van der Waals surface area contributed by atoms with Crippen LogP contribution in [0.3, 0.4) is 0 Å². The normalized spacial score (nSPS) is 15.6. The van der Waals surface area contributed by atoms with Crippen LogP contribution in [0.1, 0.15) is 29.3 Å². The summed E-state index contributed by atoms with van der Waals surface area (Å²) < 4.78 is 10.6. The molecule has 0 saturated carbocycles. The average molecular weight is 491 g/mol. The molecule has 1 saturated heterocycles. The van der Waals surface area contributed by atoms with E-state index in [0.717, 1.165) is 5.56 Å². The number of carbonyl (C=O) groups is 4. The highest BCUT2D eigenvalue weighted by atomic mass is 16.5. The first kappa shape index (κ1) is 24.5. The van der Waals surface area contributed by atoms with Crippen molar-refractivity contribution in [3.8, 4) is 5.75 Å². The zero-order chi connectivity index (χ0) is 25.7. The molecule has 10 heteroatoms. The quantitative estimate of drug-likeness (QED) is 0.396. The summed E-state index contributed by atoms with van der Waals surface area (Å²) in [7, 11) is 1.55. The Hall–Kier alpha value is -4.60. The highest BCUT2D eigenvalue weighted by molar-refractivity contribution is 6.06. The van der Waals surface area contributed by atoms with Gasteiger partial charge in [-0.25, -0.2) is 4.79 Å². The smallest absolute Gasteiger partial charge is 0.322 e. The molecule has 2 aromatic carbocycles. The maximum Gasteiger partial charge on any atom is 0.322 e. The van der Waals surface area contributed by atoms with Crippen LogP contribution < -0.4 is 20.7 Å². The van der Waals surface area contributed by atoms with Gasteiger partial charge >= 0.3 is 6.03 Å². The van der Waals surface area contributed by atoms with Crippen LogP contribution in [-0.2, 0) is 20.9 Å². The lowest BCUT2D eigenvalue weighted by Gasteiger charge is -2.31. The first-order valence-corrected chi connectivity index (χ1v) is 11.3. The zero-order valence-electron chi connectivity index (χ0n) is 19.8. The number of aryl methyl sites for hydroxylation is 1. The van der Waals surface area contributed by atoms with Gasteiger partial charge in [-0.2, -0.15) is 0 Å². The SMILES string of the molecule is COc1ccc(NC(=O)[C@H](c2ccc(C)cc2)N(Cc2ccco2)C(=O)C[C@@H]2NC(=O)NC2=O)cc1. The molecule has 1 aromatic heterocycles. The number of carbonyl (C=O) groups excluding carboxylic acids is 4. The average Bonchev–Trinajstić information content (AvgIpc) is 3.49. The lowest BCUT2D eigenvalue weighted by Crippen LogP contribution is -2.44. The molecule has 5 amide bonds. The fourth-order valence-corrected chi connectivity index (χ4v) is 3.89. The van der Waals surface area contributed by atoms with E-state index in [-0.39, 0.29) is 13.0 Å². The van der Waals surface area contributed by atoms with Gasteiger partial charge in [0.25, 0.3) is 11.8 Å². The van der Waals surface area contributed by atoms with Gasteiger partial charge < -0.3 is 24.7 Å². The summed E-state index contributed by atoms with van der Waals surface area (Å²) in [6.07, 6.45) is 1.15. The Morgan fingerprint density at radius 2 is 1.81 bits per heavy atom. The number of anilines is 1. The van der Waals surface area contributed by atoms with Gasteiger partial charge in [-0.05, 0) is 48.9 Å². The molecule has 1 fully saturated rings. The van der Waals surface area contributed by atoms with E-state index in [1.54, 1.807) is 55.6 Å². The van der Waals surface area contributed by atoms with Crippen molar-refractivity contribution in [1.82, 2.24) is 15.5 Å². The van der Waals surface area contributed by atoms with Crippen LogP contribution in [0.4, 0.5) is 10.5 Å². The molecule has 1 aliphatic rings. The van der Waals surface area contributed by atoms with E-state index < -0.39 is 35.8 Å². The van der Waals surface area contributed by atoms with E-state index in [2.05, 4.69) is 16.0 Å². The number of hydrogen-bond acceptors (Lipinski definition) is 6. The molecule has 0 aliphatic carbocycles. The van der Waals surface area contributed by atoms with Gasteiger partial charge in [0.1, 0.15) is 23.6 Å². The summed E-state index contributed by atoms with van der Waals surface area (Å²) >= 11 is 0. The van der Waals surface area contributed by atoms with Gasteiger partial charge in [0.05, 0.1) is 26.3 Å². The molecule has 2 atom stereocenters. The van der Waals surface area contributed by atoms with E-state index in [4.69, 9.17) is 9.15 Å². The maximum atomic E-state index is 13.7. The molecular weight excluding hydrogens is 464 g/mol. The number of imide groups is 1. The molecule has 0 bridgehead atoms. The van der Waals surface area contributed by atoms with Crippen LogP contribution in [0.15, 0.2) is 71.3 Å². The number of rotatable bonds is 9. The number of amides is 5. The van der Waals surface area contributed by atoms with Crippen LogP contribution in [0, 0.1) is 6.92 Å². The molecule has 0 unspecified atom stereocenters. The number of nitrogens with one attached hydrogen (secondary N) is 3. The van der Waals surface area contributed by atoms with Gasteiger partial charge in [-0.3, -0.25) is 19.7 Å². The van der Waals surface area contributed by atoms with Crippen LogP contribution in [-0.4, -0.2) is 41.8 Å². The highest BCUT2D eigenvalue weighted by Crippen LogP contribution is 2.27. The molecule has 3 N–H and O–H groups in total. The number of benzene rings is 2. The Balaban J connectivity index is 1.68. The number of ether oxygens (including phenoxy) is 1. The van der Waals surface area contributed by atoms with Gasteiger partial charge in [-0.1, -0.05) is 29.8 Å². The van der Waals surface area contributed by atoms with Crippen molar-refractivity contribution in [3.05, 3.63) is 83.8 Å². The molecule has 1 aliphatic heterocycles. The van der Waals surface area contributed by atoms with E-state index in [9.17, 15) is 19.2 Å². The number of methoxy groups -OCH3 is 1. The topological polar surface area (TPSA) is 130 Å². The number of hydrogen-bond donors (Lipinski definition) is 3. The predicted octanol–water partition coefficient (Wildman–Crippen LogP) is 2.90. The first-order chi connectivity index (χ1) is 17.3. The molecule has 2 heterocycles. The van der Waals surface area contributed by atoms with Gasteiger partial charge in [0, 0.05) is 5.69 Å². The minimum atomic E-state index is -1.05. The second-order valence-electron chi connectivity index (χ2n) is 8.35. The molecule has 0 spiro atoms. The van der Waals surface area contributed by atoms with E-state index >= 15 is 0 Å². The Bertz CT molecular complexity index is 1240. The van der Waals surface area contributed by atoms with Gasteiger partial charge in [-0.15, -0.1) is 0 Å². The number of urea groups is 1. The second kappa shape index (κ2) is 10.8. The van der Waals surface area contributed by atoms with Crippen molar-refractivity contribution in [2.45, 2.75) is 32.0 Å². The second-order valence-corrected chi connectivity index (χ2v) is 8.35. The Morgan fingerprint density at radius 1 is 1.08 bits per heavy atom. The summed E-state index contributed by atoms with van der Waals surface area (Å²) in [5.74, 6) is -0.471. The fraction of sp³-hybridized carbons (Fsp3) is 0.231. The monoisotopic (exact) mass is 490 g/mol. The Kier molecular flexibility index (Phi) is 7.33. The summed E-state index contributed by atoms with van der Waals surface area (Å²) in [6, 6.07) is 14.7. The van der Waals surface area contributed by atoms with Crippen molar-refractivity contribution in [1.29, 1.82) is 0 Å². The fourth-order valence-electron chi connectivity index (χ4n) is 3.89. The highest BCUT2D eigenvalue weighted by Gasteiger charge is 2.37. The van der Waals surface area contributed by atoms with E-state index in [0.29, 0.717) is 22.8 Å². The Morgan fingerprint density at radius 3 is 2.39 bits per heavy atom. The third-order valence-corrected chi connectivity index (χ3v) is 5.77. The minimum absolute atomic E-state index is 0.0251. The molecule has 3 aromatic rings. The lowest BCUT2D eigenvalue weighted by atomic mass is 10.0. The van der Waals surface area contributed by atoms with Crippen LogP contribution in [0.5, 0.6) is 5.75 Å². The van der Waals surface area contributed by atoms with Gasteiger partial charge in [0.15, 0.2) is 0 Å². The third-order valence-electron chi connectivity index (χ3n) is 5.77. The third kappa shape index (κ3) is 5.72. The predicted molar refractivity (Wildman–Crippen MR) is 130 cm³/mol. The minimum Gasteiger partial charge on any atom is -0.497 e. The van der Waals surface area contributed by atoms with E-state index in [1.807, 2.05) is 19.1 Å². The lowest BCUT2D eigenvalue weighted by molar-refractivity contribution is -0.141. The summed E-state index contributed by atoms with van der Waals surface area (Å²) in [5, 5.41) is 7.42. The molecule has 186 valence electrons. The van der Waals surface area contributed by atoms with Gasteiger partial charge in [0.2, 0.25) is 5.91 Å². The molecule has 0 radical (unpaired) electrons. The largest absolute Gasteiger partial charge is 0.497 e. The van der Waals surface area contributed by atoms with Crippen molar-refractivity contribution < 1.29 is 28.3 Å². The Labute approximate surface area is 207 Å². The molecule has 36 heavy (non-hydrogen) atoms. The van der Waals surface area contributed by atoms with E-state index in [1.165, 1.54) is 11.2 Å². The maximum absolute atomic E-state index is 13.7. The summed E-state index contributed by atoms with van der Waals surface area (Å²) in [6.45, 7) is 1.89. The number of furan rings is 1. The van der Waals surface area contributed by atoms with Crippen molar-refractivity contribution in [2.75, 3.05) is 12.4 Å². The molecule has 4 rings (SSSR count). The van der Waals surface area contributed by atoms with Crippen LogP contribution in [0.2, 0.25) is 0 Å². The van der Waals surface area contributed by atoms with Crippen molar-refractivity contribution in [3.63, 3.8) is 0 Å². The number of nitrogens with zero attached hydrogens (tertiary/aromatic N) is 1. The van der Waals surface area contributed by atoms with Crippen molar-refractivity contribution >= 4 is 29.4 Å². The molecular formula is C26H26N4O6. The van der Waals surface area contributed by atoms with Crippen LogP contribution >= 0.6 is 0 Å². The van der Waals surface area contributed by atoms with Crippen molar-refractivity contribution in [2.24, 2.45) is 0 Å².